The summed E-state index contributed by atoms with van der Waals surface area (Å²) >= 11 is 0. The van der Waals surface area contributed by atoms with Gasteiger partial charge in [-0.1, -0.05) is 0 Å². The molecule has 10 heteroatoms. The lowest BCUT2D eigenvalue weighted by Gasteiger charge is -2.05. The number of hydrogen-bond donors (Lipinski definition) is 1. The van der Waals surface area contributed by atoms with Gasteiger partial charge >= 0.3 is 6.18 Å². The standard InChI is InChI=1S/C13H14F3N5O2/c1-21-12(5-9(20-21)13(14,15)16)23-11-7-18-6-8(19-11)3-2-4-10(17)22/h5-7H,2-4H2,1H3,(H2,17,22). The summed E-state index contributed by atoms with van der Waals surface area (Å²) in [6.07, 6.45) is -0.634. The summed E-state index contributed by atoms with van der Waals surface area (Å²) in [5.41, 5.74) is 4.53. The highest BCUT2D eigenvalue weighted by Gasteiger charge is 2.35. The first kappa shape index (κ1) is 16.7. The van der Waals surface area contributed by atoms with E-state index in [4.69, 9.17) is 10.5 Å². The van der Waals surface area contributed by atoms with Crippen molar-refractivity contribution in [2.24, 2.45) is 12.8 Å². The Morgan fingerprint density at radius 3 is 2.74 bits per heavy atom. The Morgan fingerprint density at radius 1 is 1.39 bits per heavy atom. The van der Waals surface area contributed by atoms with Crippen LogP contribution in [-0.2, 0) is 24.4 Å². The summed E-state index contributed by atoms with van der Waals surface area (Å²) < 4.78 is 44.0. The minimum Gasteiger partial charge on any atom is -0.419 e. The van der Waals surface area contributed by atoms with Crippen molar-refractivity contribution in [2.45, 2.75) is 25.4 Å². The van der Waals surface area contributed by atoms with Crippen molar-refractivity contribution in [2.75, 3.05) is 0 Å². The molecule has 0 aromatic carbocycles. The molecule has 7 nitrogen and oxygen atoms in total. The van der Waals surface area contributed by atoms with E-state index in [1.54, 1.807) is 0 Å². The largest absolute Gasteiger partial charge is 0.435 e. The van der Waals surface area contributed by atoms with Crippen molar-refractivity contribution in [1.82, 2.24) is 19.7 Å². The first-order valence-electron chi connectivity index (χ1n) is 6.64. The molecule has 0 radical (unpaired) electrons. The van der Waals surface area contributed by atoms with Crippen molar-refractivity contribution >= 4 is 5.91 Å². The Bertz CT molecular complexity index is 699. The number of nitrogens with two attached hydrogens (primary N) is 1. The Labute approximate surface area is 129 Å². The molecule has 2 heterocycles. The van der Waals surface area contributed by atoms with Gasteiger partial charge in [0.1, 0.15) is 0 Å². The molecule has 124 valence electrons. The molecule has 2 rings (SSSR count). The lowest BCUT2D eigenvalue weighted by Crippen LogP contribution is -2.10. The Morgan fingerprint density at radius 2 is 2.13 bits per heavy atom. The average Bonchev–Trinajstić information content (AvgIpc) is 2.80. The number of carbonyl (C=O) groups excluding carboxylic acids is 1. The number of carbonyl (C=O) groups is 1. The predicted octanol–water partition coefficient (Wildman–Crippen LogP) is 1.83. The highest BCUT2D eigenvalue weighted by atomic mass is 19.4. The van der Waals surface area contributed by atoms with Crippen LogP contribution in [-0.4, -0.2) is 25.7 Å². The molecule has 0 saturated carbocycles. The number of aryl methyl sites for hydroxylation is 2. The molecule has 0 unspecified atom stereocenters. The quantitative estimate of drug-likeness (QED) is 0.872. The van der Waals surface area contributed by atoms with Gasteiger partial charge in [0.25, 0.3) is 0 Å². The van der Waals surface area contributed by atoms with E-state index in [-0.39, 0.29) is 18.2 Å². The van der Waals surface area contributed by atoms with Crippen LogP contribution in [0.1, 0.15) is 24.2 Å². The van der Waals surface area contributed by atoms with Crippen molar-refractivity contribution in [1.29, 1.82) is 0 Å². The van der Waals surface area contributed by atoms with Crippen LogP contribution < -0.4 is 10.5 Å². The van der Waals surface area contributed by atoms with E-state index in [0.717, 1.165) is 10.7 Å². The fraction of sp³-hybridized carbons (Fsp3) is 0.385. The van der Waals surface area contributed by atoms with Crippen LogP contribution in [0.4, 0.5) is 13.2 Å². The minimum absolute atomic E-state index is 0.0401. The summed E-state index contributed by atoms with van der Waals surface area (Å²) in [6.45, 7) is 0. The van der Waals surface area contributed by atoms with Gasteiger partial charge in [-0.25, -0.2) is 9.67 Å². The van der Waals surface area contributed by atoms with Crippen LogP contribution in [0, 0.1) is 0 Å². The topological polar surface area (TPSA) is 95.9 Å². The smallest absolute Gasteiger partial charge is 0.419 e. The van der Waals surface area contributed by atoms with E-state index >= 15 is 0 Å². The third kappa shape index (κ3) is 4.66. The van der Waals surface area contributed by atoms with E-state index in [1.807, 2.05) is 0 Å². The zero-order valence-corrected chi connectivity index (χ0v) is 12.2. The molecule has 2 aromatic rings. The molecule has 0 aliphatic rings. The number of aromatic nitrogens is 4. The predicted molar refractivity (Wildman–Crippen MR) is 72.4 cm³/mol. The Kier molecular flexibility index (Phi) is 4.82. The van der Waals surface area contributed by atoms with Gasteiger partial charge in [0, 0.05) is 25.7 Å². The van der Waals surface area contributed by atoms with Gasteiger partial charge in [-0.3, -0.25) is 9.78 Å². The fourth-order valence-electron chi connectivity index (χ4n) is 1.79. The van der Waals surface area contributed by atoms with Crippen molar-refractivity contribution in [3.8, 4) is 11.8 Å². The molecule has 0 aliphatic heterocycles. The molecule has 2 aromatic heterocycles. The van der Waals surface area contributed by atoms with E-state index in [1.165, 1.54) is 19.4 Å². The monoisotopic (exact) mass is 329 g/mol. The summed E-state index contributed by atoms with van der Waals surface area (Å²) in [5, 5.41) is 3.34. The zero-order valence-electron chi connectivity index (χ0n) is 12.2. The lowest BCUT2D eigenvalue weighted by molar-refractivity contribution is -0.141. The number of rotatable bonds is 6. The Balaban J connectivity index is 2.08. The van der Waals surface area contributed by atoms with Crippen LogP contribution in [0.3, 0.4) is 0 Å². The second kappa shape index (κ2) is 6.63. The van der Waals surface area contributed by atoms with Crippen LogP contribution in [0.15, 0.2) is 18.5 Å². The lowest BCUT2D eigenvalue weighted by atomic mass is 10.2. The van der Waals surface area contributed by atoms with E-state index in [2.05, 4.69) is 15.1 Å². The van der Waals surface area contributed by atoms with E-state index in [0.29, 0.717) is 18.5 Å². The minimum atomic E-state index is -4.55. The van der Waals surface area contributed by atoms with Gasteiger partial charge in [-0.2, -0.15) is 18.3 Å². The average molecular weight is 329 g/mol. The SMILES string of the molecule is Cn1nc(C(F)(F)F)cc1Oc1cncc(CCCC(N)=O)n1. The van der Waals surface area contributed by atoms with Crippen molar-refractivity contribution in [3.63, 3.8) is 0 Å². The van der Waals surface area contributed by atoms with Crippen LogP contribution in [0.2, 0.25) is 0 Å². The van der Waals surface area contributed by atoms with Gasteiger partial charge in [0.15, 0.2) is 5.69 Å². The first-order valence-corrected chi connectivity index (χ1v) is 6.64. The van der Waals surface area contributed by atoms with E-state index in [9.17, 15) is 18.0 Å². The molecule has 0 bridgehead atoms. The summed E-state index contributed by atoms with van der Waals surface area (Å²) in [5.74, 6) is -0.487. The summed E-state index contributed by atoms with van der Waals surface area (Å²) in [6, 6.07) is 0.779. The highest BCUT2D eigenvalue weighted by molar-refractivity contribution is 5.73. The van der Waals surface area contributed by atoms with Crippen molar-refractivity contribution in [3.05, 3.63) is 29.8 Å². The molecule has 1 amide bonds. The van der Waals surface area contributed by atoms with Crippen LogP contribution in [0.5, 0.6) is 11.8 Å². The maximum atomic E-state index is 12.6. The highest BCUT2D eigenvalue weighted by Crippen LogP contribution is 2.31. The molecule has 0 aliphatic carbocycles. The molecule has 0 fully saturated rings. The van der Waals surface area contributed by atoms with Gasteiger partial charge in [0.05, 0.1) is 11.9 Å². The molecular formula is C13H14F3N5O2. The number of hydrogen-bond acceptors (Lipinski definition) is 5. The third-order valence-electron chi connectivity index (χ3n) is 2.85. The number of alkyl halides is 3. The third-order valence-corrected chi connectivity index (χ3v) is 2.85. The molecule has 23 heavy (non-hydrogen) atoms. The van der Waals surface area contributed by atoms with Gasteiger partial charge in [0.2, 0.25) is 17.7 Å². The van der Waals surface area contributed by atoms with Crippen LogP contribution >= 0.6 is 0 Å². The maximum Gasteiger partial charge on any atom is 0.435 e. The normalized spacial score (nSPS) is 11.5. The molecule has 0 saturated heterocycles. The molecule has 0 spiro atoms. The van der Waals surface area contributed by atoms with E-state index < -0.39 is 17.8 Å². The number of primary amides is 1. The molecule has 0 atom stereocenters. The van der Waals surface area contributed by atoms with Gasteiger partial charge in [-0.15, -0.1) is 0 Å². The molecular weight excluding hydrogens is 315 g/mol. The fourth-order valence-corrected chi connectivity index (χ4v) is 1.79. The summed E-state index contributed by atoms with van der Waals surface area (Å²) in [7, 11) is 1.33. The van der Waals surface area contributed by atoms with Crippen LogP contribution in [0.25, 0.3) is 0 Å². The molecule has 2 N–H and O–H groups in total. The number of nitrogens with zero attached hydrogens (tertiary/aromatic N) is 4. The summed E-state index contributed by atoms with van der Waals surface area (Å²) in [4.78, 5) is 18.7. The number of amides is 1. The second-order valence-corrected chi connectivity index (χ2v) is 4.76. The zero-order chi connectivity index (χ0) is 17.0. The first-order chi connectivity index (χ1) is 10.8. The van der Waals surface area contributed by atoms with Gasteiger partial charge in [-0.05, 0) is 12.8 Å². The number of halogens is 3. The number of ether oxygens (including phenoxy) is 1. The Hall–Kier alpha value is -2.65. The second-order valence-electron chi connectivity index (χ2n) is 4.76. The van der Waals surface area contributed by atoms with Crippen molar-refractivity contribution < 1.29 is 22.7 Å². The maximum absolute atomic E-state index is 12.6. The van der Waals surface area contributed by atoms with Gasteiger partial charge < -0.3 is 10.5 Å².